The third kappa shape index (κ3) is 3.70. The van der Waals surface area contributed by atoms with E-state index in [0.29, 0.717) is 21.8 Å². The molecule has 0 unspecified atom stereocenters. The zero-order valence-corrected chi connectivity index (χ0v) is 15.4. The molecule has 3 rings (SSSR count). The summed E-state index contributed by atoms with van der Waals surface area (Å²) in [5.41, 5.74) is 0.470. The van der Waals surface area contributed by atoms with Crippen molar-refractivity contribution in [1.82, 2.24) is 24.5 Å². The van der Waals surface area contributed by atoms with Crippen LogP contribution in [0.1, 0.15) is 0 Å². The number of carbonyl (C=O) groups is 2. The number of fused-ring (bicyclic) bond motifs is 3. The number of esters is 1. The van der Waals surface area contributed by atoms with Gasteiger partial charge in [-0.15, -0.1) is 16.8 Å². The molecule has 1 N–H and O–H groups in total. The zero-order chi connectivity index (χ0) is 19.4. The van der Waals surface area contributed by atoms with Crippen molar-refractivity contribution in [1.29, 1.82) is 0 Å². The Hall–Kier alpha value is -3.14. The first-order chi connectivity index (χ1) is 13.1. The summed E-state index contributed by atoms with van der Waals surface area (Å²) < 4.78 is 7.69. The lowest BCUT2D eigenvalue weighted by Crippen LogP contribution is -2.31. The average molecular weight is 387 g/mol. The molecular formula is C17H17N5O4S. The number of amides is 1. The van der Waals surface area contributed by atoms with Gasteiger partial charge in [0.2, 0.25) is 11.7 Å². The van der Waals surface area contributed by atoms with Gasteiger partial charge in [-0.2, -0.15) is 0 Å². The highest BCUT2D eigenvalue weighted by Crippen LogP contribution is 2.21. The Kier molecular flexibility index (Phi) is 5.55. The standard InChI is InChI=1S/C17H17N5O4S/c1-3-8-21-15(25)11-6-4-5-7-12(11)22-16(21)19-20-17(22)27-10-13(23)18-9-14(24)26-2/h3-7H,1,8-10H2,2H3,(H,18,23). The smallest absolute Gasteiger partial charge is 0.325 e. The third-order valence-electron chi connectivity index (χ3n) is 3.78. The monoisotopic (exact) mass is 387 g/mol. The Morgan fingerprint density at radius 3 is 2.85 bits per heavy atom. The maximum Gasteiger partial charge on any atom is 0.325 e. The summed E-state index contributed by atoms with van der Waals surface area (Å²) in [6, 6.07) is 7.13. The molecule has 0 aliphatic heterocycles. The summed E-state index contributed by atoms with van der Waals surface area (Å²) in [6.45, 7) is 3.77. The highest BCUT2D eigenvalue weighted by Gasteiger charge is 2.17. The number of methoxy groups -OCH3 is 1. The number of aromatic nitrogens is 4. The molecule has 0 spiro atoms. The molecule has 2 heterocycles. The molecule has 10 heteroatoms. The van der Waals surface area contributed by atoms with Crippen molar-refractivity contribution in [2.45, 2.75) is 11.7 Å². The van der Waals surface area contributed by atoms with Crippen LogP contribution in [0.25, 0.3) is 16.7 Å². The van der Waals surface area contributed by atoms with Gasteiger partial charge in [-0.1, -0.05) is 30.0 Å². The van der Waals surface area contributed by atoms with Crippen LogP contribution < -0.4 is 10.9 Å². The summed E-state index contributed by atoms with van der Waals surface area (Å²) in [5.74, 6) is -0.463. The second-order valence-electron chi connectivity index (χ2n) is 5.48. The molecule has 0 aliphatic carbocycles. The van der Waals surface area contributed by atoms with E-state index in [2.05, 4.69) is 26.8 Å². The van der Waals surface area contributed by atoms with Gasteiger partial charge in [0.1, 0.15) is 6.54 Å². The Balaban J connectivity index is 1.96. The first-order valence-corrected chi connectivity index (χ1v) is 8.99. The van der Waals surface area contributed by atoms with Crippen LogP contribution >= 0.6 is 11.8 Å². The minimum Gasteiger partial charge on any atom is -0.468 e. The topological polar surface area (TPSA) is 108 Å². The Morgan fingerprint density at radius 2 is 2.11 bits per heavy atom. The number of carbonyl (C=O) groups excluding carboxylic acids is 2. The summed E-state index contributed by atoms with van der Waals surface area (Å²) in [7, 11) is 1.25. The Bertz CT molecular complexity index is 1090. The Morgan fingerprint density at radius 1 is 1.33 bits per heavy atom. The van der Waals surface area contributed by atoms with Crippen LogP contribution in [-0.4, -0.2) is 50.4 Å². The lowest BCUT2D eigenvalue weighted by atomic mass is 10.2. The molecule has 140 valence electrons. The van der Waals surface area contributed by atoms with E-state index in [1.807, 2.05) is 6.07 Å². The fraction of sp³-hybridized carbons (Fsp3) is 0.235. The summed E-state index contributed by atoms with van der Waals surface area (Å²) >= 11 is 1.16. The van der Waals surface area contributed by atoms with E-state index in [-0.39, 0.29) is 30.3 Å². The lowest BCUT2D eigenvalue weighted by Gasteiger charge is -2.09. The van der Waals surface area contributed by atoms with Crippen molar-refractivity contribution >= 4 is 40.3 Å². The Labute approximate surface area is 158 Å². The predicted molar refractivity (Wildman–Crippen MR) is 101 cm³/mol. The molecule has 1 amide bonds. The number of allylic oxidation sites excluding steroid dienone is 1. The number of rotatable bonds is 7. The van der Waals surface area contributed by atoms with Crippen molar-refractivity contribution < 1.29 is 14.3 Å². The van der Waals surface area contributed by atoms with Gasteiger partial charge in [-0.05, 0) is 12.1 Å². The van der Waals surface area contributed by atoms with Gasteiger partial charge in [0.15, 0.2) is 5.16 Å². The van der Waals surface area contributed by atoms with Crippen LogP contribution in [0.4, 0.5) is 0 Å². The van der Waals surface area contributed by atoms with Crippen molar-refractivity contribution in [3.63, 3.8) is 0 Å². The molecule has 0 saturated heterocycles. The number of para-hydroxylation sites is 1. The molecule has 0 fully saturated rings. The van der Waals surface area contributed by atoms with E-state index in [0.717, 1.165) is 11.8 Å². The van der Waals surface area contributed by atoms with Gasteiger partial charge in [0.05, 0.1) is 23.8 Å². The van der Waals surface area contributed by atoms with Crippen molar-refractivity contribution in [2.24, 2.45) is 0 Å². The minimum absolute atomic E-state index is 0.0344. The molecule has 0 bridgehead atoms. The van der Waals surface area contributed by atoms with Gasteiger partial charge < -0.3 is 10.1 Å². The van der Waals surface area contributed by atoms with Crippen molar-refractivity contribution in [2.75, 3.05) is 19.4 Å². The highest BCUT2D eigenvalue weighted by molar-refractivity contribution is 7.99. The van der Waals surface area contributed by atoms with Crippen LogP contribution in [0.2, 0.25) is 0 Å². The van der Waals surface area contributed by atoms with Crippen LogP contribution in [0.5, 0.6) is 0 Å². The van der Waals surface area contributed by atoms with E-state index in [4.69, 9.17) is 0 Å². The SMILES string of the molecule is C=CCn1c(=O)c2ccccc2n2c(SCC(=O)NCC(=O)OC)nnc12. The fourth-order valence-electron chi connectivity index (χ4n) is 2.54. The lowest BCUT2D eigenvalue weighted by molar-refractivity contribution is -0.140. The first kappa shape index (κ1) is 18.6. The largest absolute Gasteiger partial charge is 0.468 e. The van der Waals surface area contributed by atoms with Gasteiger partial charge in [0.25, 0.3) is 5.56 Å². The number of ether oxygens (including phenoxy) is 1. The maximum atomic E-state index is 12.7. The molecule has 3 aromatic rings. The van der Waals surface area contributed by atoms with E-state index in [1.165, 1.54) is 11.7 Å². The molecule has 27 heavy (non-hydrogen) atoms. The summed E-state index contributed by atoms with van der Waals surface area (Å²) in [4.78, 5) is 35.7. The molecule has 0 radical (unpaired) electrons. The molecule has 2 aromatic heterocycles. The number of thioether (sulfide) groups is 1. The number of nitrogens with one attached hydrogen (secondary N) is 1. The number of hydrogen-bond acceptors (Lipinski definition) is 7. The predicted octanol–water partition coefficient (Wildman–Crippen LogP) is 0.611. The maximum absolute atomic E-state index is 12.7. The van der Waals surface area contributed by atoms with Gasteiger partial charge >= 0.3 is 5.97 Å². The quantitative estimate of drug-likeness (QED) is 0.359. The number of hydrogen-bond donors (Lipinski definition) is 1. The highest BCUT2D eigenvalue weighted by atomic mass is 32.2. The van der Waals surface area contributed by atoms with Crippen molar-refractivity contribution in [3.05, 3.63) is 47.3 Å². The zero-order valence-electron chi connectivity index (χ0n) is 14.5. The third-order valence-corrected chi connectivity index (χ3v) is 4.71. The summed E-state index contributed by atoms with van der Waals surface area (Å²) in [5, 5.41) is 11.7. The van der Waals surface area contributed by atoms with E-state index in [1.54, 1.807) is 28.7 Å². The number of nitrogens with zero attached hydrogens (tertiary/aromatic N) is 4. The molecule has 0 atom stereocenters. The fourth-order valence-corrected chi connectivity index (χ4v) is 3.31. The van der Waals surface area contributed by atoms with Gasteiger partial charge in [0, 0.05) is 6.54 Å². The van der Waals surface area contributed by atoms with Crippen LogP contribution in [0.3, 0.4) is 0 Å². The van der Waals surface area contributed by atoms with Crippen LogP contribution in [0.15, 0.2) is 46.9 Å². The second-order valence-corrected chi connectivity index (χ2v) is 6.42. The molecule has 0 saturated carbocycles. The second kappa shape index (κ2) is 8.04. The minimum atomic E-state index is -0.527. The molecular weight excluding hydrogens is 370 g/mol. The van der Waals surface area contributed by atoms with E-state index >= 15 is 0 Å². The molecule has 1 aromatic carbocycles. The normalized spacial score (nSPS) is 10.9. The van der Waals surface area contributed by atoms with Gasteiger partial charge in [-0.25, -0.2) is 0 Å². The van der Waals surface area contributed by atoms with Gasteiger partial charge in [-0.3, -0.25) is 23.4 Å². The van der Waals surface area contributed by atoms with E-state index in [9.17, 15) is 14.4 Å². The number of benzene rings is 1. The van der Waals surface area contributed by atoms with E-state index < -0.39 is 5.97 Å². The van der Waals surface area contributed by atoms with Crippen molar-refractivity contribution in [3.8, 4) is 0 Å². The summed E-state index contributed by atoms with van der Waals surface area (Å²) in [6.07, 6.45) is 1.61. The first-order valence-electron chi connectivity index (χ1n) is 8.00. The van der Waals surface area contributed by atoms with Crippen LogP contribution in [0, 0.1) is 0 Å². The van der Waals surface area contributed by atoms with Crippen LogP contribution in [-0.2, 0) is 20.9 Å². The average Bonchev–Trinajstić information content (AvgIpc) is 3.11. The molecule has 9 nitrogen and oxygen atoms in total. The molecule has 0 aliphatic rings.